The zero-order valence-corrected chi connectivity index (χ0v) is 8.67. The maximum Gasteiger partial charge on any atom is 0.123 e. The lowest BCUT2D eigenvalue weighted by atomic mass is 9.75. The topological polar surface area (TPSA) is 20.2 Å². The summed E-state index contributed by atoms with van der Waals surface area (Å²) < 4.78 is 12.7. The summed E-state index contributed by atoms with van der Waals surface area (Å²) >= 11 is 4.39. The highest BCUT2D eigenvalue weighted by Crippen LogP contribution is 2.45. The molecule has 1 saturated carbocycles. The normalized spacial score (nSPS) is 21.4. The van der Waals surface area contributed by atoms with Crippen LogP contribution in [0, 0.1) is 5.82 Å². The highest BCUT2D eigenvalue weighted by molar-refractivity contribution is 7.80. The van der Waals surface area contributed by atoms with Gasteiger partial charge in [-0.3, -0.25) is 0 Å². The molecule has 0 spiro atoms. The first-order chi connectivity index (χ1) is 6.62. The number of hydrogen-bond acceptors (Lipinski definition) is 2. The molecular formula is C11H13FOS. The van der Waals surface area contributed by atoms with Crippen LogP contribution in [0.1, 0.15) is 30.1 Å². The van der Waals surface area contributed by atoms with E-state index in [-0.39, 0.29) is 11.1 Å². The van der Waals surface area contributed by atoms with Crippen LogP contribution in [0.5, 0.6) is 0 Å². The molecular weight excluding hydrogens is 199 g/mol. The van der Waals surface area contributed by atoms with Crippen molar-refractivity contribution < 1.29 is 9.50 Å². The molecule has 0 aliphatic heterocycles. The van der Waals surface area contributed by atoms with E-state index in [4.69, 9.17) is 0 Å². The maximum absolute atomic E-state index is 12.7. The fourth-order valence-corrected chi connectivity index (χ4v) is 2.20. The van der Waals surface area contributed by atoms with Crippen molar-refractivity contribution in [2.24, 2.45) is 0 Å². The van der Waals surface area contributed by atoms with Crippen LogP contribution in [0.2, 0.25) is 0 Å². The Balaban J connectivity index is 2.18. The van der Waals surface area contributed by atoms with E-state index in [1.807, 2.05) is 0 Å². The molecule has 2 rings (SSSR count). The van der Waals surface area contributed by atoms with Gasteiger partial charge in [0, 0.05) is 0 Å². The Morgan fingerprint density at radius 1 is 1.29 bits per heavy atom. The average Bonchev–Trinajstić information content (AvgIpc) is 2.14. The van der Waals surface area contributed by atoms with Crippen molar-refractivity contribution in [1.82, 2.24) is 0 Å². The second kappa shape index (κ2) is 3.55. The minimum atomic E-state index is -0.680. The summed E-state index contributed by atoms with van der Waals surface area (Å²) in [4.78, 5) is 0. The molecule has 76 valence electrons. The third-order valence-corrected chi connectivity index (χ3v) is 3.69. The van der Waals surface area contributed by atoms with Crippen LogP contribution in [0.4, 0.5) is 4.39 Å². The van der Waals surface area contributed by atoms with Gasteiger partial charge < -0.3 is 5.11 Å². The molecule has 1 atom stereocenters. The average molecular weight is 212 g/mol. The summed E-state index contributed by atoms with van der Waals surface area (Å²) in [5, 5.41) is 9.83. The van der Waals surface area contributed by atoms with Crippen LogP contribution in [0.15, 0.2) is 24.3 Å². The van der Waals surface area contributed by atoms with Crippen LogP contribution in [0.3, 0.4) is 0 Å². The number of thiol groups is 1. The van der Waals surface area contributed by atoms with Crippen molar-refractivity contribution in [1.29, 1.82) is 0 Å². The van der Waals surface area contributed by atoms with Crippen LogP contribution >= 0.6 is 12.6 Å². The van der Waals surface area contributed by atoms with Gasteiger partial charge in [-0.05, 0) is 37.0 Å². The van der Waals surface area contributed by atoms with Crippen molar-refractivity contribution >= 4 is 12.6 Å². The molecule has 0 unspecified atom stereocenters. The van der Waals surface area contributed by atoms with Gasteiger partial charge in [0.2, 0.25) is 0 Å². The van der Waals surface area contributed by atoms with E-state index in [1.54, 1.807) is 12.1 Å². The van der Waals surface area contributed by atoms with Crippen molar-refractivity contribution in [3.05, 3.63) is 35.6 Å². The van der Waals surface area contributed by atoms with Crippen LogP contribution in [-0.4, -0.2) is 10.7 Å². The van der Waals surface area contributed by atoms with Crippen molar-refractivity contribution in [3.8, 4) is 0 Å². The molecule has 0 radical (unpaired) electrons. The monoisotopic (exact) mass is 212 g/mol. The largest absolute Gasteiger partial charge is 0.388 e. The molecule has 1 aliphatic rings. The molecule has 3 heteroatoms. The quantitative estimate of drug-likeness (QED) is 0.722. The van der Waals surface area contributed by atoms with E-state index in [1.165, 1.54) is 12.1 Å². The third-order valence-electron chi connectivity index (χ3n) is 2.91. The fourth-order valence-electron chi connectivity index (χ4n) is 1.77. The summed E-state index contributed by atoms with van der Waals surface area (Å²) in [7, 11) is 0. The van der Waals surface area contributed by atoms with Crippen molar-refractivity contribution in [2.45, 2.75) is 30.1 Å². The predicted molar refractivity (Wildman–Crippen MR) is 56.9 cm³/mol. The Kier molecular flexibility index (Phi) is 2.54. The Morgan fingerprint density at radius 2 is 1.86 bits per heavy atom. The zero-order valence-electron chi connectivity index (χ0n) is 7.78. The van der Waals surface area contributed by atoms with Crippen LogP contribution in [0.25, 0.3) is 0 Å². The summed E-state index contributed by atoms with van der Waals surface area (Å²) in [6, 6.07) is 6.17. The number of hydrogen-bond donors (Lipinski definition) is 2. The molecule has 0 heterocycles. The smallest absolute Gasteiger partial charge is 0.123 e. The van der Waals surface area contributed by atoms with Gasteiger partial charge in [0.05, 0.1) is 10.9 Å². The van der Waals surface area contributed by atoms with Crippen molar-refractivity contribution in [3.63, 3.8) is 0 Å². The SMILES string of the molecule is OC1([C@@H](S)c2ccc(F)cc2)CCC1. The molecule has 1 nitrogen and oxygen atoms in total. The lowest BCUT2D eigenvalue weighted by molar-refractivity contribution is -0.0345. The molecule has 1 aromatic carbocycles. The van der Waals surface area contributed by atoms with Gasteiger partial charge >= 0.3 is 0 Å². The first-order valence-electron chi connectivity index (χ1n) is 4.78. The van der Waals surface area contributed by atoms with Gasteiger partial charge in [-0.2, -0.15) is 12.6 Å². The second-order valence-electron chi connectivity index (χ2n) is 3.91. The molecule has 0 aromatic heterocycles. The molecule has 14 heavy (non-hydrogen) atoms. The van der Waals surface area contributed by atoms with Crippen molar-refractivity contribution in [2.75, 3.05) is 0 Å². The summed E-state index contributed by atoms with van der Waals surface area (Å²) in [5.41, 5.74) is 0.206. The van der Waals surface area contributed by atoms with E-state index in [0.29, 0.717) is 0 Å². The molecule has 0 amide bonds. The molecule has 0 saturated heterocycles. The summed E-state index contributed by atoms with van der Waals surface area (Å²) in [6.45, 7) is 0. The molecule has 0 bridgehead atoms. The molecule has 1 N–H and O–H groups in total. The summed E-state index contributed by atoms with van der Waals surface area (Å²) in [5.74, 6) is -0.255. The summed E-state index contributed by atoms with van der Waals surface area (Å²) in [6.07, 6.45) is 2.63. The van der Waals surface area contributed by atoms with Gasteiger partial charge in [-0.1, -0.05) is 12.1 Å². The fraction of sp³-hybridized carbons (Fsp3) is 0.455. The Morgan fingerprint density at radius 3 is 2.29 bits per heavy atom. The number of benzene rings is 1. The van der Waals surface area contributed by atoms with Gasteiger partial charge in [0.15, 0.2) is 0 Å². The Bertz CT molecular complexity index is 319. The van der Waals surface area contributed by atoms with E-state index >= 15 is 0 Å². The second-order valence-corrected chi connectivity index (χ2v) is 4.43. The minimum Gasteiger partial charge on any atom is -0.388 e. The molecule has 1 fully saturated rings. The molecule has 1 aromatic rings. The highest BCUT2D eigenvalue weighted by atomic mass is 32.1. The lowest BCUT2D eigenvalue weighted by Gasteiger charge is -2.41. The number of halogens is 1. The van der Waals surface area contributed by atoms with Crippen LogP contribution in [-0.2, 0) is 0 Å². The van der Waals surface area contributed by atoms with Gasteiger partial charge in [-0.25, -0.2) is 4.39 Å². The van der Waals surface area contributed by atoms with E-state index in [9.17, 15) is 9.50 Å². The van der Waals surface area contributed by atoms with E-state index < -0.39 is 5.60 Å². The predicted octanol–water partition coefficient (Wildman–Crippen LogP) is 2.71. The van der Waals surface area contributed by atoms with E-state index in [0.717, 1.165) is 24.8 Å². The van der Waals surface area contributed by atoms with Gasteiger partial charge in [-0.15, -0.1) is 0 Å². The highest BCUT2D eigenvalue weighted by Gasteiger charge is 2.41. The van der Waals surface area contributed by atoms with Gasteiger partial charge in [0.1, 0.15) is 5.82 Å². The lowest BCUT2D eigenvalue weighted by Crippen LogP contribution is -2.40. The Labute approximate surface area is 88.4 Å². The molecule has 1 aliphatic carbocycles. The Hall–Kier alpha value is -0.540. The third kappa shape index (κ3) is 1.66. The van der Waals surface area contributed by atoms with Gasteiger partial charge in [0.25, 0.3) is 0 Å². The number of rotatable bonds is 2. The minimum absolute atomic E-state index is 0.197. The first kappa shape index (κ1) is 9.99. The van der Waals surface area contributed by atoms with E-state index in [2.05, 4.69) is 12.6 Å². The number of aliphatic hydroxyl groups is 1. The van der Waals surface area contributed by atoms with Crippen LogP contribution < -0.4 is 0 Å². The maximum atomic E-state index is 12.7. The standard InChI is InChI=1S/C11H13FOS/c12-9-4-2-8(3-5-9)10(14)11(13)6-1-7-11/h2-5,10,13-14H,1,6-7H2/t10-/m0/s1. The zero-order chi connectivity index (χ0) is 10.2. The first-order valence-corrected chi connectivity index (χ1v) is 5.29.